The van der Waals surface area contributed by atoms with Crippen LogP contribution in [0.2, 0.25) is 0 Å². The van der Waals surface area contributed by atoms with Gasteiger partial charge in [0.25, 0.3) is 0 Å². The van der Waals surface area contributed by atoms with Crippen LogP contribution in [0.15, 0.2) is 40.9 Å². The van der Waals surface area contributed by atoms with Gasteiger partial charge in [0.2, 0.25) is 0 Å². The van der Waals surface area contributed by atoms with Crippen LogP contribution in [0.25, 0.3) is 21.5 Å². The zero-order valence-electron chi connectivity index (χ0n) is 17.4. The fraction of sp³-hybridized carbons (Fsp3) is 0.462. The van der Waals surface area contributed by atoms with Crippen molar-refractivity contribution in [3.8, 4) is 0 Å². The number of benzene rings is 3. The number of hydrogen-bond acceptors (Lipinski definition) is 0. The fourth-order valence-electron chi connectivity index (χ4n) is 4.07. The van der Waals surface area contributed by atoms with Crippen LogP contribution in [0, 0.1) is 9.39 Å². The van der Waals surface area contributed by atoms with E-state index in [1.54, 1.807) is 0 Å². The van der Waals surface area contributed by atoms with Crippen LogP contribution < -0.4 is 0 Å². The van der Waals surface area contributed by atoms with Gasteiger partial charge in [-0.2, -0.15) is 0 Å². The monoisotopic (exact) mass is 568 g/mol. The molecule has 0 saturated heterocycles. The first kappa shape index (κ1) is 23.0. The van der Waals surface area contributed by atoms with E-state index in [-0.39, 0.29) is 5.82 Å². The van der Waals surface area contributed by atoms with E-state index in [9.17, 15) is 4.39 Å². The Morgan fingerprint density at radius 2 is 1.41 bits per heavy atom. The van der Waals surface area contributed by atoms with Crippen LogP contribution in [-0.4, -0.2) is 0 Å². The van der Waals surface area contributed by atoms with Crippen molar-refractivity contribution in [1.29, 1.82) is 0 Å². The molecule has 0 atom stereocenters. The molecular formula is C26H31BrFI. The lowest BCUT2D eigenvalue weighted by Crippen LogP contribution is -1.89. The minimum atomic E-state index is -0.164. The number of hydrogen-bond donors (Lipinski definition) is 0. The normalized spacial score (nSPS) is 11.6. The van der Waals surface area contributed by atoms with Crippen molar-refractivity contribution < 1.29 is 4.39 Å². The Morgan fingerprint density at radius 1 is 0.759 bits per heavy atom. The molecule has 0 aliphatic heterocycles. The third-order valence-electron chi connectivity index (χ3n) is 5.81. The number of aryl methyl sites for hydroxylation is 1. The van der Waals surface area contributed by atoms with Crippen LogP contribution in [0.5, 0.6) is 0 Å². The fourth-order valence-corrected chi connectivity index (χ4v) is 4.97. The van der Waals surface area contributed by atoms with Gasteiger partial charge in [0.1, 0.15) is 5.82 Å². The van der Waals surface area contributed by atoms with Gasteiger partial charge in [-0.25, -0.2) is 4.39 Å². The number of rotatable bonds is 11. The molecule has 0 spiro atoms. The van der Waals surface area contributed by atoms with Gasteiger partial charge in [-0.15, -0.1) is 0 Å². The smallest absolute Gasteiger partial charge is 0.146 e. The molecule has 156 valence electrons. The maximum atomic E-state index is 14.6. The van der Waals surface area contributed by atoms with Crippen molar-refractivity contribution in [2.45, 2.75) is 77.6 Å². The lowest BCUT2D eigenvalue weighted by molar-refractivity contribution is 0.556. The highest BCUT2D eigenvalue weighted by Gasteiger charge is 2.11. The molecule has 0 unspecified atom stereocenters. The van der Waals surface area contributed by atoms with Gasteiger partial charge in [-0.3, -0.25) is 0 Å². The van der Waals surface area contributed by atoms with Crippen LogP contribution >= 0.6 is 38.5 Å². The Morgan fingerprint density at radius 3 is 2.10 bits per heavy atom. The van der Waals surface area contributed by atoms with Crippen LogP contribution in [0.1, 0.15) is 76.7 Å². The average molecular weight is 569 g/mol. The Hall–Kier alpha value is -0.680. The number of unbranched alkanes of at least 4 members (excludes halogenated alkanes) is 9. The van der Waals surface area contributed by atoms with Gasteiger partial charge in [0.15, 0.2) is 0 Å². The maximum Gasteiger partial charge on any atom is 0.146 e. The summed E-state index contributed by atoms with van der Waals surface area (Å²) >= 11 is 5.54. The third kappa shape index (κ3) is 6.40. The number of fused-ring (bicyclic) bond motifs is 2. The molecule has 0 saturated carbocycles. The van der Waals surface area contributed by atoms with Crippen molar-refractivity contribution in [3.63, 3.8) is 0 Å². The molecule has 3 aromatic rings. The summed E-state index contributed by atoms with van der Waals surface area (Å²) in [5.74, 6) is -0.164. The van der Waals surface area contributed by atoms with Crippen molar-refractivity contribution in [2.24, 2.45) is 0 Å². The molecular weight excluding hydrogens is 538 g/mol. The van der Waals surface area contributed by atoms with Crippen molar-refractivity contribution in [1.82, 2.24) is 0 Å². The number of halogens is 3. The van der Waals surface area contributed by atoms with E-state index in [4.69, 9.17) is 0 Å². The molecule has 0 nitrogen and oxygen atoms in total. The van der Waals surface area contributed by atoms with Crippen molar-refractivity contribution >= 4 is 60.1 Å². The molecule has 0 fully saturated rings. The summed E-state index contributed by atoms with van der Waals surface area (Å²) in [5, 5.41) is 3.97. The molecule has 0 radical (unpaired) electrons. The minimum Gasteiger partial charge on any atom is -0.205 e. The molecule has 0 aromatic heterocycles. The second kappa shape index (κ2) is 11.6. The Labute approximate surface area is 196 Å². The molecule has 3 rings (SSSR count). The average Bonchev–Trinajstić information content (AvgIpc) is 2.72. The Kier molecular flexibility index (Phi) is 9.23. The lowest BCUT2D eigenvalue weighted by atomic mass is 9.99. The van der Waals surface area contributed by atoms with E-state index in [1.807, 2.05) is 6.07 Å². The third-order valence-corrected chi connectivity index (χ3v) is 8.18. The molecule has 0 aliphatic rings. The lowest BCUT2D eigenvalue weighted by Gasteiger charge is -2.09. The zero-order valence-corrected chi connectivity index (χ0v) is 21.1. The molecule has 3 aromatic carbocycles. The van der Waals surface area contributed by atoms with Crippen LogP contribution in [0.4, 0.5) is 4.39 Å². The van der Waals surface area contributed by atoms with E-state index < -0.39 is 0 Å². The van der Waals surface area contributed by atoms with E-state index in [0.29, 0.717) is 9.86 Å². The highest BCUT2D eigenvalue weighted by molar-refractivity contribution is 14.1. The second-order valence-corrected chi connectivity index (χ2v) is 10.1. The van der Waals surface area contributed by atoms with Crippen LogP contribution in [0.3, 0.4) is 0 Å². The first-order chi connectivity index (χ1) is 14.1. The highest BCUT2D eigenvalue weighted by atomic mass is 127. The maximum absolute atomic E-state index is 14.6. The summed E-state index contributed by atoms with van der Waals surface area (Å²) in [6.07, 6.45) is 14.8. The quantitative estimate of drug-likeness (QED) is 0.0934. The summed E-state index contributed by atoms with van der Waals surface area (Å²) in [4.78, 5) is 0. The summed E-state index contributed by atoms with van der Waals surface area (Å²) in [6.45, 7) is 2.28. The minimum absolute atomic E-state index is 0.164. The SMILES string of the molecule is CCCCCCCCCCCCc1ccc2cc3c(F)c(Br)c(I)cc3cc2c1. The summed E-state index contributed by atoms with van der Waals surface area (Å²) < 4.78 is 16.1. The Balaban J connectivity index is 1.52. The second-order valence-electron chi connectivity index (χ2n) is 8.17. The van der Waals surface area contributed by atoms with Crippen molar-refractivity contribution in [3.05, 3.63) is 55.8 Å². The van der Waals surface area contributed by atoms with Crippen LogP contribution in [-0.2, 0) is 6.42 Å². The standard InChI is InChI=1S/C26H31BrFI/c1-2-3-4-5-6-7-8-9-10-11-12-19-13-14-20-17-23-22(16-21(20)15-19)18-24(29)25(27)26(23)28/h13-18H,2-12H2,1H3. The summed E-state index contributed by atoms with van der Waals surface area (Å²) in [7, 11) is 0. The van der Waals surface area contributed by atoms with Gasteiger partial charge in [0, 0.05) is 8.96 Å². The summed E-state index contributed by atoms with van der Waals surface area (Å²) in [5.41, 5.74) is 1.39. The van der Waals surface area contributed by atoms with Gasteiger partial charge in [-0.05, 0) is 91.3 Å². The van der Waals surface area contributed by atoms with Gasteiger partial charge < -0.3 is 0 Å². The molecule has 0 N–H and O–H groups in total. The van der Waals surface area contributed by atoms with Gasteiger partial charge in [-0.1, -0.05) is 82.9 Å². The molecule has 0 amide bonds. The topological polar surface area (TPSA) is 0 Å². The van der Waals surface area contributed by atoms with E-state index in [1.165, 1.54) is 75.2 Å². The first-order valence-corrected chi connectivity index (χ1v) is 13.0. The first-order valence-electron chi connectivity index (χ1n) is 11.1. The molecule has 0 aliphatic carbocycles. The van der Waals surface area contributed by atoms with E-state index >= 15 is 0 Å². The van der Waals surface area contributed by atoms with Gasteiger partial charge >= 0.3 is 0 Å². The molecule has 0 bridgehead atoms. The predicted octanol–water partition coefficient (Wildman–Crippen LogP) is 9.96. The Bertz CT molecular complexity index is 950. The van der Waals surface area contributed by atoms with Gasteiger partial charge in [0.05, 0.1) is 4.47 Å². The molecule has 29 heavy (non-hydrogen) atoms. The summed E-state index contributed by atoms with van der Waals surface area (Å²) in [6, 6.07) is 12.8. The largest absolute Gasteiger partial charge is 0.205 e. The highest BCUT2D eigenvalue weighted by Crippen LogP contribution is 2.33. The molecule has 3 heteroatoms. The zero-order chi connectivity index (χ0) is 20.6. The predicted molar refractivity (Wildman–Crippen MR) is 137 cm³/mol. The molecule has 0 heterocycles. The van der Waals surface area contributed by atoms with E-state index in [2.05, 4.69) is 75.8 Å². The van der Waals surface area contributed by atoms with E-state index in [0.717, 1.165) is 20.8 Å². The van der Waals surface area contributed by atoms with Crippen molar-refractivity contribution in [2.75, 3.05) is 0 Å².